The molecule has 5 nitrogen and oxygen atoms in total. The number of nitrogens with one attached hydrogen (secondary N) is 1. The number of aryl methyl sites for hydroxylation is 1. The highest BCUT2D eigenvalue weighted by atomic mass is 19.1. The standard InChI is InChI=1S/C25H21FN4O/c1-17-3-7-19(8-4-17)23-15-24(20-9-13-22(31-2)14-10-20)29-25(28-23)30-27-16-18-5-11-21(26)12-6-18/h3-16H,1-2H3,(H,28,29,30)/b27-16+. The summed E-state index contributed by atoms with van der Waals surface area (Å²) in [4.78, 5) is 9.23. The Labute approximate surface area is 180 Å². The molecule has 1 aromatic heterocycles. The number of hydrogen-bond acceptors (Lipinski definition) is 5. The summed E-state index contributed by atoms with van der Waals surface area (Å²) in [7, 11) is 1.64. The monoisotopic (exact) mass is 412 g/mol. The molecule has 4 rings (SSSR count). The van der Waals surface area contributed by atoms with Gasteiger partial charge in [-0.15, -0.1) is 0 Å². The van der Waals surface area contributed by atoms with Gasteiger partial charge in [-0.25, -0.2) is 19.8 Å². The Hall–Kier alpha value is -4.06. The molecule has 0 aliphatic rings. The Morgan fingerprint density at radius 3 is 2.00 bits per heavy atom. The minimum Gasteiger partial charge on any atom is -0.497 e. The second kappa shape index (κ2) is 9.17. The first-order valence-electron chi connectivity index (χ1n) is 9.76. The summed E-state index contributed by atoms with van der Waals surface area (Å²) in [5.74, 6) is 0.851. The molecule has 0 bridgehead atoms. The van der Waals surface area contributed by atoms with E-state index in [2.05, 4.69) is 20.5 Å². The van der Waals surface area contributed by atoms with Gasteiger partial charge in [-0.1, -0.05) is 42.0 Å². The average molecular weight is 412 g/mol. The first-order valence-corrected chi connectivity index (χ1v) is 9.76. The Morgan fingerprint density at radius 2 is 1.42 bits per heavy atom. The van der Waals surface area contributed by atoms with Gasteiger partial charge in [0.15, 0.2) is 0 Å². The first kappa shape index (κ1) is 20.2. The fourth-order valence-corrected chi connectivity index (χ4v) is 2.99. The molecule has 0 fully saturated rings. The van der Waals surface area contributed by atoms with Gasteiger partial charge < -0.3 is 4.74 Å². The molecule has 0 unspecified atom stereocenters. The Bertz CT molecular complexity index is 1190. The van der Waals surface area contributed by atoms with Crippen LogP contribution < -0.4 is 10.2 Å². The number of benzene rings is 3. The molecule has 31 heavy (non-hydrogen) atoms. The van der Waals surface area contributed by atoms with E-state index in [4.69, 9.17) is 4.74 Å². The van der Waals surface area contributed by atoms with E-state index in [1.54, 1.807) is 25.5 Å². The summed E-state index contributed by atoms with van der Waals surface area (Å²) in [6.45, 7) is 2.05. The largest absolute Gasteiger partial charge is 0.497 e. The molecule has 0 amide bonds. The maximum Gasteiger partial charge on any atom is 0.244 e. The third kappa shape index (κ3) is 5.11. The van der Waals surface area contributed by atoms with Crippen LogP contribution in [-0.4, -0.2) is 23.3 Å². The lowest BCUT2D eigenvalue weighted by Crippen LogP contribution is -2.00. The molecule has 1 heterocycles. The zero-order valence-electron chi connectivity index (χ0n) is 17.2. The van der Waals surface area contributed by atoms with Crippen LogP contribution in [0.1, 0.15) is 11.1 Å². The Balaban J connectivity index is 1.68. The minimum absolute atomic E-state index is 0.289. The minimum atomic E-state index is -0.289. The number of hydrazone groups is 1. The number of methoxy groups -OCH3 is 1. The summed E-state index contributed by atoms with van der Waals surface area (Å²) < 4.78 is 18.3. The van der Waals surface area contributed by atoms with E-state index in [-0.39, 0.29) is 5.82 Å². The van der Waals surface area contributed by atoms with Crippen LogP contribution >= 0.6 is 0 Å². The molecule has 3 aromatic carbocycles. The Morgan fingerprint density at radius 1 is 0.839 bits per heavy atom. The average Bonchev–Trinajstić information content (AvgIpc) is 2.81. The number of halogens is 1. The zero-order chi connectivity index (χ0) is 21.6. The zero-order valence-corrected chi connectivity index (χ0v) is 17.2. The molecule has 0 spiro atoms. The molecule has 0 aliphatic carbocycles. The van der Waals surface area contributed by atoms with E-state index >= 15 is 0 Å². The van der Waals surface area contributed by atoms with Crippen molar-refractivity contribution in [2.24, 2.45) is 5.10 Å². The number of rotatable bonds is 6. The van der Waals surface area contributed by atoms with Crippen molar-refractivity contribution >= 4 is 12.2 Å². The van der Waals surface area contributed by atoms with Crippen LogP contribution in [0.4, 0.5) is 10.3 Å². The molecule has 6 heteroatoms. The highest BCUT2D eigenvalue weighted by molar-refractivity contribution is 5.80. The SMILES string of the molecule is COc1ccc(-c2cc(-c3ccc(C)cc3)nc(N/N=C/c3ccc(F)cc3)n2)cc1. The summed E-state index contributed by atoms with van der Waals surface area (Å²) in [5, 5.41) is 4.21. The van der Waals surface area contributed by atoms with Crippen molar-refractivity contribution in [1.82, 2.24) is 9.97 Å². The molecular weight excluding hydrogens is 391 g/mol. The summed E-state index contributed by atoms with van der Waals surface area (Å²) >= 11 is 0. The molecule has 0 atom stereocenters. The molecule has 0 saturated carbocycles. The molecule has 0 saturated heterocycles. The number of ether oxygens (including phenoxy) is 1. The lowest BCUT2D eigenvalue weighted by atomic mass is 10.1. The van der Waals surface area contributed by atoms with Crippen LogP contribution in [0.5, 0.6) is 5.75 Å². The van der Waals surface area contributed by atoms with Gasteiger partial charge >= 0.3 is 0 Å². The highest BCUT2D eigenvalue weighted by Crippen LogP contribution is 2.27. The Kier molecular flexibility index (Phi) is 5.98. The van der Waals surface area contributed by atoms with Gasteiger partial charge in [-0.05, 0) is 55.0 Å². The second-order valence-corrected chi connectivity index (χ2v) is 6.98. The quantitative estimate of drug-likeness (QED) is 0.325. The van der Waals surface area contributed by atoms with E-state index in [1.165, 1.54) is 17.7 Å². The van der Waals surface area contributed by atoms with Crippen LogP contribution in [0, 0.1) is 12.7 Å². The molecule has 0 aliphatic heterocycles. The van der Waals surface area contributed by atoms with Gasteiger partial charge in [0.2, 0.25) is 5.95 Å². The van der Waals surface area contributed by atoms with E-state index in [0.29, 0.717) is 5.95 Å². The smallest absolute Gasteiger partial charge is 0.244 e. The second-order valence-electron chi connectivity index (χ2n) is 6.98. The predicted octanol–water partition coefficient (Wildman–Crippen LogP) is 5.71. The van der Waals surface area contributed by atoms with Crippen LogP contribution in [0.2, 0.25) is 0 Å². The fourth-order valence-electron chi connectivity index (χ4n) is 2.99. The van der Waals surface area contributed by atoms with Gasteiger partial charge in [-0.3, -0.25) is 0 Å². The number of nitrogens with zero attached hydrogens (tertiary/aromatic N) is 3. The van der Waals surface area contributed by atoms with Crippen molar-refractivity contribution in [1.29, 1.82) is 0 Å². The van der Waals surface area contributed by atoms with Gasteiger partial charge in [0.05, 0.1) is 24.7 Å². The summed E-state index contributed by atoms with van der Waals surface area (Å²) in [5.41, 5.74) is 8.28. The van der Waals surface area contributed by atoms with Gasteiger partial charge in [0.25, 0.3) is 0 Å². The van der Waals surface area contributed by atoms with Crippen molar-refractivity contribution < 1.29 is 9.13 Å². The van der Waals surface area contributed by atoms with Gasteiger partial charge in [-0.2, -0.15) is 5.10 Å². The van der Waals surface area contributed by atoms with Crippen molar-refractivity contribution in [3.8, 4) is 28.3 Å². The molecule has 0 radical (unpaired) electrons. The fraction of sp³-hybridized carbons (Fsp3) is 0.0800. The van der Waals surface area contributed by atoms with E-state index in [1.807, 2.05) is 61.5 Å². The highest BCUT2D eigenvalue weighted by Gasteiger charge is 2.09. The van der Waals surface area contributed by atoms with E-state index < -0.39 is 0 Å². The molecule has 4 aromatic rings. The van der Waals surface area contributed by atoms with E-state index in [0.717, 1.165) is 33.8 Å². The third-order valence-corrected chi connectivity index (χ3v) is 4.71. The van der Waals surface area contributed by atoms with Crippen LogP contribution in [0.3, 0.4) is 0 Å². The normalized spacial score (nSPS) is 10.9. The van der Waals surface area contributed by atoms with Crippen molar-refractivity contribution in [2.45, 2.75) is 6.92 Å². The lowest BCUT2D eigenvalue weighted by molar-refractivity contribution is 0.415. The van der Waals surface area contributed by atoms with Gasteiger partial charge in [0, 0.05) is 11.1 Å². The molecular formula is C25H21FN4O. The lowest BCUT2D eigenvalue weighted by Gasteiger charge is -2.09. The van der Waals surface area contributed by atoms with Crippen molar-refractivity contribution in [2.75, 3.05) is 12.5 Å². The van der Waals surface area contributed by atoms with Gasteiger partial charge in [0.1, 0.15) is 11.6 Å². The number of hydrogen-bond donors (Lipinski definition) is 1. The number of anilines is 1. The number of aromatic nitrogens is 2. The van der Waals surface area contributed by atoms with Crippen molar-refractivity contribution in [3.05, 3.63) is 95.8 Å². The third-order valence-electron chi connectivity index (χ3n) is 4.71. The molecule has 154 valence electrons. The summed E-state index contributed by atoms with van der Waals surface area (Å²) in [6.07, 6.45) is 1.59. The maximum absolute atomic E-state index is 13.1. The maximum atomic E-state index is 13.1. The molecule has 1 N–H and O–H groups in total. The predicted molar refractivity (Wildman–Crippen MR) is 122 cm³/mol. The first-order chi connectivity index (χ1) is 15.1. The van der Waals surface area contributed by atoms with Crippen molar-refractivity contribution in [3.63, 3.8) is 0 Å². The van der Waals surface area contributed by atoms with Crippen LogP contribution in [0.25, 0.3) is 22.5 Å². The van der Waals surface area contributed by atoms with Crippen LogP contribution in [0.15, 0.2) is 84.0 Å². The van der Waals surface area contributed by atoms with E-state index in [9.17, 15) is 4.39 Å². The van der Waals surface area contributed by atoms with Crippen LogP contribution in [-0.2, 0) is 0 Å². The topological polar surface area (TPSA) is 59.4 Å². The summed E-state index contributed by atoms with van der Waals surface area (Å²) in [6, 6.07) is 23.8.